The van der Waals surface area contributed by atoms with Gasteiger partial charge in [0.25, 0.3) is 0 Å². The molecule has 0 spiro atoms. The van der Waals surface area contributed by atoms with Gasteiger partial charge in [0.15, 0.2) is 5.16 Å². The van der Waals surface area contributed by atoms with E-state index in [1.165, 1.54) is 16.9 Å². The molecular formula is C20H18N4OS2. The van der Waals surface area contributed by atoms with E-state index in [0.29, 0.717) is 0 Å². The van der Waals surface area contributed by atoms with Crippen molar-refractivity contribution in [2.75, 3.05) is 5.32 Å². The smallest absolute Gasteiger partial charge is 0.231 e. The van der Waals surface area contributed by atoms with Crippen molar-refractivity contribution in [1.29, 1.82) is 0 Å². The Hall–Kier alpha value is -2.64. The Bertz CT molecular complexity index is 1070. The van der Waals surface area contributed by atoms with E-state index in [9.17, 15) is 4.79 Å². The molecule has 1 amide bonds. The van der Waals surface area contributed by atoms with E-state index >= 15 is 0 Å². The van der Waals surface area contributed by atoms with Crippen LogP contribution in [0.5, 0.6) is 0 Å². The number of nitrogens with zero attached hydrogens (tertiary/aromatic N) is 3. The minimum absolute atomic E-state index is 0.0494. The minimum Gasteiger partial charge on any atom is -0.326 e. The number of thiazole rings is 1. The molecule has 3 aromatic heterocycles. The molecule has 7 heteroatoms. The predicted molar refractivity (Wildman–Crippen MR) is 110 cm³/mol. The molecule has 1 aromatic carbocycles. The fraction of sp³-hybridized carbons (Fsp3) is 0.150. The monoisotopic (exact) mass is 394 g/mol. The third kappa shape index (κ3) is 4.37. The number of pyridine rings is 1. The van der Waals surface area contributed by atoms with E-state index in [-0.39, 0.29) is 12.3 Å². The fourth-order valence-corrected chi connectivity index (χ4v) is 4.40. The van der Waals surface area contributed by atoms with E-state index in [4.69, 9.17) is 0 Å². The van der Waals surface area contributed by atoms with Crippen LogP contribution < -0.4 is 5.32 Å². The average molecular weight is 395 g/mol. The van der Waals surface area contributed by atoms with Gasteiger partial charge in [0, 0.05) is 23.0 Å². The molecule has 0 bridgehead atoms. The van der Waals surface area contributed by atoms with Crippen molar-refractivity contribution in [1.82, 2.24) is 14.4 Å². The molecule has 0 saturated carbocycles. The standard InChI is InChI=1S/C20H18N4OS2/c1-14-5-7-15(8-6-14)22-18(25)10-19-23-16(12-26-19)13-27-20-21-11-17-4-2-3-9-24(17)20/h2-9,11-12H,10,13H2,1H3,(H,22,25). The zero-order chi connectivity index (χ0) is 18.6. The number of hydrogen-bond acceptors (Lipinski definition) is 5. The number of aryl methyl sites for hydroxylation is 1. The van der Waals surface area contributed by atoms with Gasteiger partial charge in [0.05, 0.1) is 23.8 Å². The maximum absolute atomic E-state index is 12.2. The van der Waals surface area contributed by atoms with Crippen LogP contribution in [0.4, 0.5) is 5.69 Å². The third-order valence-corrected chi connectivity index (χ3v) is 5.90. The van der Waals surface area contributed by atoms with Crippen LogP contribution in [0.25, 0.3) is 5.52 Å². The highest BCUT2D eigenvalue weighted by molar-refractivity contribution is 7.98. The predicted octanol–water partition coefficient (Wildman–Crippen LogP) is 4.57. The van der Waals surface area contributed by atoms with Crippen molar-refractivity contribution in [3.05, 3.63) is 76.5 Å². The Morgan fingerprint density at radius 1 is 1.22 bits per heavy atom. The summed E-state index contributed by atoms with van der Waals surface area (Å²) in [6.07, 6.45) is 4.16. The second-order valence-corrected chi connectivity index (χ2v) is 8.03. The Morgan fingerprint density at radius 3 is 2.93 bits per heavy atom. The maximum Gasteiger partial charge on any atom is 0.231 e. The summed E-state index contributed by atoms with van der Waals surface area (Å²) in [5, 5.41) is 6.69. The molecule has 0 saturated heterocycles. The van der Waals surface area contributed by atoms with Crippen LogP contribution in [0.3, 0.4) is 0 Å². The first kappa shape index (κ1) is 17.8. The van der Waals surface area contributed by atoms with Crippen molar-refractivity contribution < 1.29 is 4.79 Å². The van der Waals surface area contributed by atoms with Gasteiger partial charge in [-0.05, 0) is 31.2 Å². The molecule has 5 nitrogen and oxygen atoms in total. The lowest BCUT2D eigenvalue weighted by atomic mass is 10.2. The van der Waals surface area contributed by atoms with Gasteiger partial charge in [0.2, 0.25) is 5.91 Å². The summed E-state index contributed by atoms with van der Waals surface area (Å²) in [5.41, 5.74) is 4.02. The summed E-state index contributed by atoms with van der Waals surface area (Å²) in [5.74, 6) is 0.677. The number of benzene rings is 1. The quantitative estimate of drug-likeness (QED) is 0.487. The molecule has 4 aromatic rings. The molecule has 4 rings (SSSR count). The van der Waals surface area contributed by atoms with Gasteiger partial charge >= 0.3 is 0 Å². The zero-order valence-corrected chi connectivity index (χ0v) is 16.4. The normalized spacial score (nSPS) is 11.0. The number of imidazole rings is 1. The molecule has 0 aliphatic carbocycles. The molecule has 136 valence electrons. The molecule has 0 aliphatic heterocycles. The number of carbonyl (C=O) groups excluding carboxylic acids is 1. The Morgan fingerprint density at radius 2 is 2.07 bits per heavy atom. The first-order chi connectivity index (χ1) is 13.2. The van der Waals surface area contributed by atoms with Crippen LogP contribution in [0.1, 0.15) is 16.3 Å². The van der Waals surface area contributed by atoms with Crippen LogP contribution in [0, 0.1) is 6.92 Å². The third-order valence-electron chi connectivity index (χ3n) is 4.00. The Labute approximate surface area is 165 Å². The summed E-state index contributed by atoms with van der Waals surface area (Å²) in [7, 11) is 0. The molecule has 0 atom stereocenters. The maximum atomic E-state index is 12.2. The van der Waals surface area contributed by atoms with Crippen LogP contribution in [0.2, 0.25) is 0 Å². The Balaban J connectivity index is 1.34. The number of rotatable bonds is 6. The highest BCUT2D eigenvalue weighted by atomic mass is 32.2. The number of anilines is 1. The van der Waals surface area contributed by atoms with Gasteiger partial charge in [0.1, 0.15) is 5.01 Å². The second kappa shape index (κ2) is 7.94. The number of fused-ring (bicyclic) bond motifs is 1. The topological polar surface area (TPSA) is 59.3 Å². The lowest BCUT2D eigenvalue weighted by Gasteiger charge is -2.04. The van der Waals surface area contributed by atoms with Gasteiger partial charge in [-0.2, -0.15) is 0 Å². The number of nitrogens with one attached hydrogen (secondary N) is 1. The van der Waals surface area contributed by atoms with Gasteiger partial charge in [-0.1, -0.05) is 35.5 Å². The van der Waals surface area contributed by atoms with Gasteiger partial charge < -0.3 is 5.32 Å². The van der Waals surface area contributed by atoms with Crippen molar-refractivity contribution >= 4 is 40.2 Å². The van der Waals surface area contributed by atoms with Crippen LogP contribution in [-0.2, 0) is 17.0 Å². The van der Waals surface area contributed by atoms with Crippen molar-refractivity contribution in [2.45, 2.75) is 24.3 Å². The first-order valence-electron chi connectivity index (χ1n) is 8.52. The molecule has 0 unspecified atom stereocenters. The van der Waals surface area contributed by atoms with E-state index in [2.05, 4.69) is 19.7 Å². The number of thioether (sulfide) groups is 1. The molecule has 0 radical (unpaired) electrons. The lowest BCUT2D eigenvalue weighted by Crippen LogP contribution is -2.14. The van der Waals surface area contributed by atoms with E-state index in [0.717, 1.165) is 32.8 Å². The van der Waals surface area contributed by atoms with Crippen molar-refractivity contribution in [3.8, 4) is 0 Å². The highest BCUT2D eigenvalue weighted by Gasteiger charge is 2.10. The minimum atomic E-state index is -0.0494. The molecule has 3 heterocycles. The highest BCUT2D eigenvalue weighted by Crippen LogP contribution is 2.24. The number of hydrogen-bond donors (Lipinski definition) is 1. The largest absolute Gasteiger partial charge is 0.326 e. The lowest BCUT2D eigenvalue weighted by molar-refractivity contribution is -0.115. The molecule has 0 fully saturated rings. The fourth-order valence-electron chi connectivity index (χ4n) is 2.64. The van der Waals surface area contributed by atoms with Gasteiger partial charge in [-0.15, -0.1) is 11.3 Å². The van der Waals surface area contributed by atoms with Crippen LogP contribution >= 0.6 is 23.1 Å². The summed E-state index contributed by atoms with van der Waals surface area (Å²) in [6, 6.07) is 13.8. The second-order valence-electron chi connectivity index (χ2n) is 6.15. The van der Waals surface area contributed by atoms with Gasteiger partial charge in [-0.3, -0.25) is 9.20 Å². The van der Waals surface area contributed by atoms with Crippen molar-refractivity contribution in [2.24, 2.45) is 0 Å². The molecule has 0 aliphatic rings. The van der Waals surface area contributed by atoms with E-state index in [1.807, 2.05) is 67.2 Å². The molecular weight excluding hydrogens is 376 g/mol. The van der Waals surface area contributed by atoms with Gasteiger partial charge in [-0.25, -0.2) is 9.97 Å². The number of amides is 1. The molecule has 27 heavy (non-hydrogen) atoms. The van der Waals surface area contributed by atoms with Crippen molar-refractivity contribution in [3.63, 3.8) is 0 Å². The van der Waals surface area contributed by atoms with Crippen LogP contribution in [0.15, 0.2) is 65.4 Å². The SMILES string of the molecule is Cc1ccc(NC(=O)Cc2nc(CSc3ncc4ccccn34)cs2)cc1. The summed E-state index contributed by atoms with van der Waals surface area (Å²) in [4.78, 5) is 21.2. The number of carbonyl (C=O) groups is 1. The Kier molecular flexibility index (Phi) is 5.22. The van der Waals surface area contributed by atoms with E-state index < -0.39 is 0 Å². The first-order valence-corrected chi connectivity index (χ1v) is 10.4. The summed E-state index contributed by atoms with van der Waals surface area (Å²) < 4.78 is 2.06. The average Bonchev–Trinajstić information content (AvgIpc) is 3.28. The van der Waals surface area contributed by atoms with E-state index in [1.54, 1.807) is 11.8 Å². The zero-order valence-electron chi connectivity index (χ0n) is 14.8. The summed E-state index contributed by atoms with van der Waals surface area (Å²) in [6.45, 7) is 2.02. The number of aromatic nitrogens is 3. The summed E-state index contributed by atoms with van der Waals surface area (Å²) >= 11 is 3.16. The van der Waals surface area contributed by atoms with Crippen LogP contribution in [-0.4, -0.2) is 20.3 Å². The molecule has 1 N–H and O–H groups in total.